The number of benzene rings is 2. The van der Waals surface area contributed by atoms with E-state index in [2.05, 4.69) is 27.7 Å². The van der Waals surface area contributed by atoms with E-state index in [1.54, 1.807) is 6.07 Å². The predicted octanol–water partition coefficient (Wildman–Crippen LogP) is 9.88. The van der Waals surface area contributed by atoms with Gasteiger partial charge in [-0.1, -0.05) is 104 Å². The van der Waals surface area contributed by atoms with E-state index in [9.17, 15) is 39.6 Å². The van der Waals surface area contributed by atoms with E-state index in [0.29, 0.717) is 12.8 Å². The second-order valence-corrected chi connectivity index (χ2v) is 12.0. The molecule has 0 atom stereocenters. The normalized spacial score (nSPS) is 10.7. The highest BCUT2D eigenvalue weighted by Crippen LogP contribution is 2.26. The zero-order valence-electron chi connectivity index (χ0n) is 28.5. The maximum Gasteiger partial charge on any atom is 0.336 e. The number of unbranched alkanes of at least 4 members (excludes halogenated alkanes) is 10. The van der Waals surface area contributed by atoms with Crippen LogP contribution in [0.25, 0.3) is 0 Å². The summed E-state index contributed by atoms with van der Waals surface area (Å²) in [5.74, 6) is -4.61. The molecule has 2 aromatic rings. The lowest BCUT2D eigenvalue weighted by atomic mass is 9.89. The zero-order valence-corrected chi connectivity index (χ0v) is 28.5. The SMILES string of the molecule is CCCCCCc1ccc(C(=O)O)c(C(=O)O)c1CCCCCC.CCCCCc1ccc(C(=O)O)c(C(=O)O)c1CCCCC. The summed E-state index contributed by atoms with van der Waals surface area (Å²) in [6, 6.07) is 6.51. The van der Waals surface area contributed by atoms with Crippen LogP contribution in [0.3, 0.4) is 0 Å². The van der Waals surface area contributed by atoms with Crippen LogP contribution in [0.5, 0.6) is 0 Å². The monoisotopic (exact) mass is 640 g/mol. The maximum absolute atomic E-state index is 11.7. The highest BCUT2D eigenvalue weighted by Gasteiger charge is 2.23. The highest BCUT2D eigenvalue weighted by atomic mass is 16.4. The van der Waals surface area contributed by atoms with Crippen molar-refractivity contribution in [3.05, 3.63) is 68.8 Å². The molecule has 0 aliphatic heterocycles. The van der Waals surface area contributed by atoms with Gasteiger partial charge in [-0.05, 0) is 85.8 Å². The molecule has 8 nitrogen and oxygen atoms in total. The molecule has 0 amide bonds. The van der Waals surface area contributed by atoms with Crippen molar-refractivity contribution >= 4 is 23.9 Å². The molecule has 0 saturated heterocycles. The molecular weight excluding hydrogens is 584 g/mol. The van der Waals surface area contributed by atoms with Gasteiger partial charge in [0.05, 0.1) is 22.3 Å². The summed E-state index contributed by atoms with van der Waals surface area (Å²) in [5.41, 5.74) is 3.23. The molecule has 0 fully saturated rings. The minimum Gasteiger partial charge on any atom is -0.478 e. The van der Waals surface area contributed by atoms with Crippen LogP contribution in [0.2, 0.25) is 0 Å². The van der Waals surface area contributed by atoms with E-state index in [1.807, 2.05) is 6.07 Å². The molecule has 0 aliphatic carbocycles. The third-order valence-electron chi connectivity index (χ3n) is 8.37. The highest BCUT2D eigenvalue weighted by molar-refractivity contribution is 6.03. The molecule has 256 valence electrons. The fourth-order valence-electron chi connectivity index (χ4n) is 5.85. The smallest absolute Gasteiger partial charge is 0.336 e. The average molecular weight is 641 g/mol. The van der Waals surface area contributed by atoms with E-state index in [1.165, 1.54) is 18.6 Å². The Morgan fingerprint density at radius 3 is 1.04 bits per heavy atom. The average Bonchev–Trinajstić information content (AvgIpc) is 3.01. The zero-order chi connectivity index (χ0) is 34.5. The van der Waals surface area contributed by atoms with Gasteiger partial charge in [-0.25, -0.2) is 19.2 Å². The molecule has 0 spiro atoms. The lowest BCUT2D eigenvalue weighted by Gasteiger charge is -2.15. The maximum atomic E-state index is 11.7. The number of carbonyl (C=O) groups is 4. The summed E-state index contributed by atoms with van der Waals surface area (Å²) in [6.45, 7) is 8.50. The third kappa shape index (κ3) is 13.4. The first-order valence-electron chi connectivity index (χ1n) is 17.3. The Hall–Kier alpha value is -3.68. The van der Waals surface area contributed by atoms with Crippen LogP contribution in [-0.2, 0) is 25.7 Å². The summed E-state index contributed by atoms with van der Waals surface area (Å²) in [5, 5.41) is 37.6. The Balaban J connectivity index is 0.000000462. The van der Waals surface area contributed by atoms with E-state index in [-0.39, 0.29) is 22.3 Å². The largest absolute Gasteiger partial charge is 0.478 e. The van der Waals surface area contributed by atoms with Gasteiger partial charge in [0, 0.05) is 0 Å². The van der Waals surface area contributed by atoms with E-state index < -0.39 is 23.9 Å². The predicted molar refractivity (Wildman–Crippen MR) is 183 cm³/mol. The van der Waals surface area contributed by atoms with Gasteiger partial charge >= 0.3 is 23.9 Å². The number of hydrogen-bond donors (Lipinski definition) is 4. The Morgan fingerprint density at radius 2 is 0.717 bits per heavy atom. The standard InChI is InChI=1S/C20H30O4.C18H26O4/c1-3-5-7-9-11-15-13-14-17(19(21)22)18(20(23)24)16(15)12-10-8-6-4-2;1-3-5-7-9-13-11-12-15(17(19)20)16(18(21)22)14(13)10-8-6-4-2/h13-14H,3-12H2,1-2H3,(H,21,22)(H,23,24);11-12H,3-10H2,1-2H3,(H,19,20)(H,21,22). The molecule has 0 heterocycles. The molecule has 2 rings (SSSR count). The molecule has 0 aliphatic rings. The first kappa shape index (κ1) is 40.3. The van der Waals surface area contributed by atoms with E-state index in [0.717, 1.165) is 119 Å². The summed E-state index contributed by atoms with van der Waals surface area (Å²) >= 11 is 0. The van der Waals surface area contributed by atoms with Gasteiger partial charge in [0.1, 0.15) is 0 Å². The lowest BCUT2D eigenvalue weighted by Crippen LogP contribution is -2.14. The fraction of sp³-hybridized carbons (Fsp3) is 0.579. The molecule has 8 heteroatoms. The second-order valence-electron chi connectivity index (χ2n) is 12.0. The van der Waals surface area contributed by atoms with Crippen molar-refractivity contribution in [3.8, 4) is 0 Å². The summed E-state index contributed by atoms with van der Waals surface area (Å²) in [6.07, 6.45) is 17.7. The Bertz CT molecular complexity index is 1260. The fourth-order valence-corrected chi connectivity index (χ4v) is 5.85. The van der Waals surface area contributed by atoms with Gasteiger partial charge in [-0.2, -0.15) is 0 Å². The van der Waals surface area contributed by atoms with Crippen LogP contribution in [0.1, 0.15) is 181 Å². The lowest BCUT2D eigenvalue weighted by molar-refractivity contribution is 0.0650. The van der Waals surface area contributed by atoms with E-state index >= 15 is 0 Å². The minimum absolute atomic E-state index is 0.00742. The number of carboxylic acids is 4. The summed E-state index contributed by atoms with van der Waals surface area (Å²) < 4.78 is 0. The quantitative estimate of drug-likeness (QED) is 0.0929. The van der Waals surface area contributed by atoms with Crippen molar-refractivity contribution in [2.24, 2.45) is 0 Å². The number of aromatic carboxylic acids is 4. The topological polar surface area (TPSA) is 149 Å². The van der Waals surface area contributed by atoms with Crippen molar-refractivity contribution in [1.29, 1.82) is 0 Å². The Kier molecular flexibility index (Phi) is 20.0. The molecule has 0 bridgehead atoms. The molecule has 0 saturated carbocycles. The Labute approximate surface area is 275 Å². The number of rotatable bonds is 22. The molecule has 0 radical (unpaired) electrons. The Morgan fingerprint density at radius 1 is 0.413 bits per heavy atom. The van der Waals surface area contributed by atoms with Crippen molar-refractivity contribution in [2.75, 3.05) is 0 Å². The van der Waals surface area contributed by atoms with Crippen LogP contribution in [-0.4, -0.2) is 44.3 Å². The number of carboxylic acid groups (broad SMARTS) is 4. The van der Waals surface area contributed by atoms with Crippen LogP contribution in [0.15, 0.2) is 24.3 Å². The van der Waals surface area contributed by atoms with Gasteiger partial charge in [-0.3, -0.25) is 0 Å². The van der Waals surface area contributed by atoms with Crippen molar-refractivity contribution in [2.45, 2.75) is 143 Å². The molecular formula is C38H56O8. The van der Waals surface area contributed by atoms with Crippen molar-refractivity contribution < 1.29 is 39.6 Å². The van der Waals surface area contributed by atoms with Gasteiger partial charge in [0.2, 0.25) is 0 Å². The van der Waals surface area contributed by atoms with Gasteiger partial charge in [0.15, 0.2) is 0 Å². The number of aryl methyl sites for hydroxylation is 2. The molecule has 2 aromatic carbocycles. The minimum atomic E-state index is -1.17. The first-order chi connectivity index (χ1) is 22.0. The first-order valence-corrected chi connectivity index (χ1v) is 17.3. The van der Waals surface area contributed by atoms with Gasteiger partial charge < -0.3 is 20.4 Å². The van der Waals surface area contributed by atoms with Gasteiger partial charge in [-0.15, -0.1) is 0 Å². The van der Waals surface area contributed by atoms with Crippen LogP contribution in [0, 0.1) is 0 Å². The van der Waals surface area contributed by atoms with Gasteiger partial charge in [0.25, 0.3) is 0 Å². The van der Waals surface area contributed by atoms with E-state index in [4.69, 9.17) is 0 Å². The number of hydrogen-bond acceptors (Lipinski definition) is 4. The molecule has 4 N–H and O–H groups in total. The summed E-state index contributed by atoms with van der Waals surface area (Å²) in [4.78, 5) is 46.0. The van der Waals surface area contributed by atoms with Crippen LogP contribution in [0.4, 0.5) is 0 Å². The van der Waals surface area contributed by atoms with Crippen molar-refractivity contribution in [1.82, 2.24) is 0 Å². The summed E-state index contributed by atoms with van der Waals surface area (Å²) in [7, 11) is 0. The molecule has 0 unspecified atom stereocenters. The molecule has 0 aromatic heterocycles. The molecule has 46 heavy (non-hydrogen) atoms. The third-order valence-corrected chi connectivity index (χ3v) is 8.37. The second kappa shape index (κ2) is 22.8. The van der Waals surface area contributed by atoms with Crippen LogP contribution >= 0.6 is 0 Å². The van der Waals surface area contributed by atoms with Crippen LogP contribution < -0.4 is 0 Å². The van der Waals surface area contributed by atoms with Crippen molar-refractivity contribution in [3.63, 3.8) is 0 Å².